The number of rotatable bonds is 9. The van der Waals surface area contributed by atoms with Crippen LogP contribution in [-0.2, 0) is 0 Å². The van der Waals surface area contributed by atoms with Crippen molar-refractivity contribution in [1.82, 2.24) is 19.9 Å². The summed E-state index contributed by atoms with van der Waals surface area (Å²) in [7, 11) is 7.07. The Kier molecular flexibility index (Phi) is 7.66. The van der Waals surface area contributed by atoms with Crippen LogP contribution in [0.4, 0.5) is 16.2 Å². The van der Waals surface area contributed by atoms with Gasteiger partial charge in [-0.25, -0.2) is 9.37 Å². The highest BCUT2D eigenvalue weighted by Crippen LogP contribution is 2.39. The summed E-state index contributed by atoms with van der Waals surface area (Å²) >= 11 is 6.05. The first-order chi connectivity index (χ1) is 15.3. The molecular formula is C22H26ClFN6O2. The predicted octanol–water partition coefficient (Wildman–Crippen LogP) is 3.96. The molecular weight excluding hydrogens is 435 g/mol. The van der Waals surface area contributed by atoms with Crippen molar-refractivity contribution in [2.24, 2.45) is 0 Å². The summed E-state index contributed by atoms with van der Waals surface area (Å²) in [5.74, 6) is 0.804. The number of anilines is 2. The fraction of sp³-hybridized carbons (Fsp3) is 0.318. The molecule has 0 aliphatic rings. The predicted molar refractivity (Wildman–Crippen MR) is 125 cm³/mol. The third-order valence-electron chi connectivity index (χ3n) is 4.68. The van der Waals surface area contributed by atoms with Crippen LogP contribution in [0.1, 0.15) is 6.42 Å². The van der Waals surface area contributed by atoms with Crippen molar-refractivity contribution in [2.75, 3.05) is 52.5 Å². The number of nitrogen functional groups attached to an aromatic ring is 1. The van der Waals surface area contributed by atoms with E-state index in [2.05, 4.69) is 25.2 Å². The molecule has 0 saturated heterocycles. The molecule has 0 aliphatic carbocycles. The molecule has 0 saturated carbocycles. The lowest BCUT2D eigenvalue weighted by Gasteiger charge is -2.18. The molecule has 8 nitrogen and oxygen atoms in total. The van der Waals surface area contributed by atoms with E-state index in [-0.39, 0.29) is 11.0 Å². The van der Waals surface area contributed by atoms with Crippen LogP contribution in [0.15, 0.2) is 30.3 Å². The lowest BCUT2D eigenvalue weighted by molar-refractivity contribution is 0.365. The van der Waals surface area contributed by atoms with Crippen LogP contribution >= 0.6 is 11.6 Å². The molecule has 0 fully saturated rings. The van der Waals surface area contributed by atoms with Gasteiger partial charge in [0, 0.05) is 24.2 Å². The van der Waals surface area contributed by atoms with Gasteiger partial charge in [0.05, 0.1) is 30.5 Å². The molecule has 32 heavy (non-hydrogen) atoms. The summed E-state index contributed by atoms with van der Waals surface area (Å²) in [4.78, 5) is 15.2. The van der Waals surface area contributed by atoms with Crippen molar-refractivity contribution in [2.45, 2.75) is 6.42 Å². The average Bonchev–Trinajstić information content (AvgIpc) is 2.77. The number of nitrogens with zero attached hydrogens (tertiary/aromatic N) is 4. The zero-order chi connectivity index (χ0) is 23.3. The number of aromatic nitrogens is 3. The number of ether oxygens (including phenoxy) is 2. The van der Waals surface area contributed by atoms with Crippen molar-refractivity contribution in [3.05, 3.63) is 41.2 Å². The van der Waals surface area contributed by atoms with Gasteiger partial charge in [0.15, 0.2) is 0 Å². The molecule has 2 aromatic heterocycles. The Morgan fingerprint density at radius 2 is 1.72 bits per heavy atom. The Balaban J connectivity index is 2.19. The molecule has 170 valence electrons. The van der Waals surface area contributed by atoms with Gasteiger partial charge in [-0.3, -0.25) is 0 Å². The second-order valence-electron chi connectivity index (χ2n) is 7.31. The van der Waals surface area contributed by atoms with E-state index in [1.165, 1.54) is 26.4 Å². The Morgan fingerprint density at radius 3 is 2.31 bits per heavy atom. The molecule has 0 unspecified atom stereocenters. The smallest absolute Gasteiger partial charge is 0.222 e. The largest absolute Gasteiger partial charge is 0.481 e. The number of nitrogens with one attached hydrogen (secondary N) is 1. The second-order valence-corrected chi connectivity index (χ2v) is 7.71. The van der Waals surface area contributed by atoms with E-state index >= 15 is 0 Å². The first kappa shape index (κ1) is 23.5. The molecule has 0 radical (unpaired) electrons. The van der Waals surface area contributed by atoms with Gasteiger partial charge in [0.1, 0.15) is 11.6 Å². The molecule has 0 bridgehead atoms. The van der Waals surface area contributed by atoms with Gasteiger partial charge in [-0.15, -0.1) is 0 Å². The topological polar surface area (TPSA) is 98.4 Å². The van der Waals surface area contributed by atoms with Gasteiger partial charge in [-0.1, -0.05) is 11.6 Å². The van der Waals surface area contributed by atoms with Crippen molar-refractivity contribution < 1.29 is 13.9 Å². The maximum absolute atomic E-state index is 13.8. The van der Waals surface area contributed by atoms with E-state index < -0.39 is 5.82 Å². The first-order valence-corrected chi connectivity index (χ1v) is 10.3. The quantitative estimate of drug-likeness (QED) is 0.463. The third-order valence-corrected chi connectivity index (χ3v) is 4.97. The second kappa shape index (κ2) is 10.4. The van der Waals surface area contributed by atoms with Crippen LogP contribution in [0.2, 0.25) is 5.02 Å². The summed E-state index contributed by atoms with van der Waals surface area (Å²) < 4.78 is 24.5. The van der Waals surface area contributed by atoms with Crippen LogP contribution in [-0.4, -0.2) is 61.3 Å². The van der Waals surface area contributed by atoms with Crippen LogP contribution in [0.25, 0.3) is 22.4 Å². The fourth-order valence-electron chi connectivity index (χ4n) is 3.17. The van der Waals surface area contributed by atoms with E-state index in [1.54, 1.807) is 18.2 Å². The van der Waals surface area contributed by atoms with Gasteiger partial charge < -0.3 is 25.4 Å². The summed E-state index contributed by atoms with van der Waals surface area (Å²) in [6, 6.07) is 7.89. The fourth-order valence-corrected chi connectivity index (χ4v) is 3.35. The maximum Gasteiger partial charge on any atom is 0.222 e. The highest BCUT2D eigenvalue weighted by Gasteiger charge is 2.20. The lowest BCUT2D eigenvalue weighted by Crippen LogP contribution is -2.17. The van der Waals surface area contributed by atoms with E-state index in [0.29, 0.717) is 46.5 Å². The van der Waals surface area contributed by atoms with Crippen LogP contribution in [0, 0.1) is 5.82 Å². The summed E-state index contributed by atoms with van der Waals surface area (Å²) in [5.41, 5.74) is 8.46. The van der Waals surface area contributed by atoms with Gasteiger partial charge in [0.25, 0.3) is 0 Å². The highest BCUT2D eigenvalue weighted by molar-refractivity contribution is 6.31. The van der Waals surface area contributed by atoms with E-state index in [1.807, 2.05) is 14.1 Å². The van der Waals surface area contributed by atoms with Crippen molar-refractivity contribution in [1.29, 1.82) is 0 Å². The number of hydrogen-bond acceptors (Lipinski definition) is 8. The normalized spacial score (nSPS) is 11.0. The average molecular weight is 461 g/mol. The number of halogens is 2. The minimum Gasteiger partial charge on any atom is -0.481 e. The summed E-state index contributed by atoms with van der Waals surface area (Å²) in [6.45, 7) is 1.56. The van der Waals surface area contributed by atoms with Crippen LogP contribution in [0.3, 0.4) is 0 Å². The van der Waals surface area contributed by atoms with Crippen LogP contribution in [0.5, 0.6) is 11.8 Å². The molecule has 3 aromatic rings. The zero-order valence-corrected chi connectivity index (χ0v) is 19.2. The molecule has 1 aromatic carbocycles. The first-order valence-electron chi connectivity index (χ1n) is 9.94. The summed E-state index contributed by atoms with van der Waals surface area (Å²) in [6.07, 6.45) is 0.886. The van der Waals surface area contributed by atoms with Gasteiger partial charge >= 0.3 is 0 Å². The lowest BCUT2D eigenvalue weighted by atomic mass is 10.00. The molecule has 10 heteroatoms. The van der Waals surface area contributed by atoms with E-state index in [0.717, 1.165) is 13.0 Å². The molecule has 3 N–H and O–H groups in total. The van der Waals surface area contributed by atoms with Gasteiger partial charge in [0.2, 0.25) is 17.7 Å². The van der Waals surface area contributed by atoms with Gasteiger partial charge in [-0.05, 0) is 50.8 Å². The number of benzene rings is 1. The number of hydrogen-bond donors (Lipinski definition) is 2. The minimum absolute atomic E-state index is 0.0176. The summed E-state index contributed by atoms with van der Waals surface area (Å²) in [5, 5.41) is 3.33. The monoisotopic (exact) mass is 460 g/mol. The number of nitrogens with two attached hydrogens (primary N) is 1. The Bertz CT molecular complexity index is 1070. The molecule has 0 spiro atoms. The molecule has 0 aliphatic heterocycles. The standard InChI is InChI=1S/C22H26ClFN6O2/c1-30(2)9-5-8-26-21-19(14-11-17(31-3)27-18(12-14)32-4)20(28-22(25)29-21)13-6-7-16(24)15(23)10-13/h6-7,10-12H,5,8-9H2,1-4H3,(H3,25,26,28,29). The van der Waals surface area contributed by atoms with E-state index in [4.69, 9.17) is 26.8 Å². The molecule has 2 heterocycles. The highest BCUT2D eigenvalue weighted by atomic mass is 35.5. The number of methoxy groups -OCH3 is 2. The van der Waals surface area contributed by atoms with E-state index in [9.17, 15) is 4.39 Å². The zero-order valence-electron chi connectivity index (χ0n) is 18.4. The van der Waals surface area contributed by atoms with Crippen molar-refractivity contribution >= 4 is 23.4 Å². The molecule has 0 amide bonds. The minimum atomic E-state index is -0.520. The maximum atomic E-state index is 13.8. The molecule has 0 atom stereocenters. The Labute approximate surface area is 191 Å². The number of pyridine rings is 1. The van der Waals surface area contributed by atoms with Crippen molar-refractivity contribution in [3.63, 3.8) is 0 Å². The third kappa shape index (κ3) is 5.54. The Hall–Kier alpha value is -3.17. The van der Waals surface area contributed by atoms with Crippen LogP contribution < -0.4 is 20.5 Å². The van der Waals surface area contributed by atoms with Gasteiger partial charge in [-0.2, -0.15) is 9.97 Å². The molecule has 3 rings (SSSR count). The Morgan fingerprint density at radius 1 is 1.03 bits per heavy atom. The SMILES string of the molecule is COc1cc(-c2c(NCCCN(C)C)nc(N)nc2-c2ccc(F)c(Cl)c2)cc(OC)n1. The van der Waals surface area contributed by atoms with Crippen molar-refractivity contribution in [3.8, 4) is 34.1 Å².